The summed E-state index contributed by atoms with van der Waals surface area (Å²) >= 11 is 0. The molecule has 0 bridgehead atoms. The van der Waals surface area contributed by atoms with Crippen molar-refractivity contribution in [1.82, 2.24) is 10.2 Å². The van der Waals surface area contributed by atoms with Gasteiger partial charge in [-0.2, -0.15) is 0 Å². The number of ether oxygens (including phenoxy) is 1. The van der Waals surface area contributed by atoms with Gasteiger partial charge < -0.3 is 15.0 Å². The summed E-state index contributed by atoms with van der Waals surface area (Å²) in [6, 6.07) is 17.6. The van der Waals surface area contributed by atoms with Crippen LogP contribution in [0.25, 0.3) is 0 Å². The molecule has 1 spiro atoms. The zero-order valence-corrected chi connectivity index (χ0v) is 16.0. The van der Waals surface area contributed by atoms with E-state index in [0.29, 0.717) is 19.7 Å². The highest BCUT2D eigenvalue weighted by Gasteiger charge is 2.50. The van der Waals surface area contributed by atoms with Crippen LogP contribution < -0.4 is 10.1 Å². The molecule has 4 rings (SSSR count). The van der Waals surface area contributed by atoms with E-state index in [-0.39, 0.29) is 18.2 Å². The number of hydrogen-bond donors (Lipinski definition) is 1. The second-order valence-corrected chi connectivity index (χ2v) is 7.60. The number of likely N-dealkylation sites (tertiary alicyclic amines) is 1. The van der Waals surface area contributed by atoms with E-state index < -0.39 is 5.54 Å². The van der Waals surface area contributed by atoms with E-state index in [4.69, 9.17) is 4.74 Å². The van der Waals surface area contributed by atoms with Gasteiger partial charge in [-0.25, -0.2) is 0 Å². The van der Waals surface area contributed by atoms with E-state index in [0.717, 1.165) is 42.6 Å². The van der Waals surface area contributed by atoms with Crippen LogP contribution in [0.1, 0.15) is 36.8 Å². The predicted octanol–water partition coefficient (Wildman–Crippen LogP) is 3.08. The van der Waals surface area contributed by atoms with Crippen molar-refractivity contribution in [3.8, 4) is 5.75 Å². The largest absolute Gasteiger partial charge is 0.489 e. The molecule has 1 N–H and O–H groups in total. The molecule has 2 aliphatic rings. The predicted molar refractivity (Wildman–Crippen MR) is 107 cm³/mol. The lowest BCUT2D eigenvalue weighted by molar-refractivity contribution is -0.146. The molecule has 2 heterocycles. The molecule has 1 unspecified atom stereocenters. The Labute approximate surface area is 165 Å². The van der Waals surface area contributed by atoms with Crippen LogP contribution in [-0.4, -0.2) is 35.3 Å². The fourth-order valence-electron chi connectivity index (χ4n) is 4.38. The highest BCUT2D eigenvalue weighted by Crippen LogP contribution is 2.36. The Morgan fingerprint density at radius 2 is 1.79 bits per heavy atom. The van der Waals surface area contributed by atoms with Gasteiger partial charge in [0, 0.05) is 18.7 Å². The first-order chi connectivity index (χ1) is 13.7. The third-order valence-electron chi connectivity index (χ3n) is 5.82. The molecule has 0 radical (unpaired) electrons. The van der Waals surface area contributed by atoms with Crippen LogP contribution in [0.4, 0.5) is 0 Å². The topological polar surface area (TPSA) is 58.6 Å². The van der Waals surface area contributed by atoms with Gasteiger partial charge in [0.15, 0.2) is 0 Å². The van der Waals surface area contributed by atoms with Crippen LogP contribution in [0.5, 0.6) is 5.75 Å². The zero-order valence-electron chi connectivity index (χ0n) is 16.0. The Kier molecular flexibility index (Phi) is 5.33. The number of hydrogen-bond acceptors (Lipinski definition) is 3. The monoisotopic (exact) mass is 378 g/mol. The molecule has 1 atom stereocenters. The average molecular weight is 378 g/mol. The highest BCUT2D eigenvalue weighted by atomic mass is 16.5. The number of amides is 2. The molecule has 2 fully saturated rings. The van der Waals surface area contributed by atoms with Crippen LogP contribution in [0.15, 0.2) is 54.6 Å². The van der Waals surface area contributed by atoms with Crippen molar-refractivity contribution in [2.24, 2.45) is 0 Å². The van der Waals surface area contributed by atoms with E-state index in [9.17, 15) is 9.59 Å². The molecule has 2 aromatic carbocycles. The van der Waals surface area contributed by atoms with E-state index in [1.165, 1.54) is 0 Å². The first-order valence-corrected chi connectivity index (χ1v) is 10.0. The van der Waals surface area contributed by atoms with Crippen LogP contribution in [0, 0.1) is 0 Å². The first kappa shape index (κ1) is 18.5. The number of para-hydroxylation sites is 1. The molecule has 0 aliphatic carbocycles. The minimum absolute atomic E-state index is 0.00492. The standard InChI is InChI=1S/C23H26N2O3/c26-21(25-15-7-13-23(25)12-6-14-24-22(23)27)16-19-10-4-5-11-20(19)28-17-18-8-2-1-3-9-18/h1-5,8-11H,6-7,12-17H2,(H,24,27). The van der Waals surface area contributed by atoms with Gasteiger partial charge in [0.2, 0.25) is 11.8 Å². The molecule has 28 heavy (non-hydrogen) atoms. The Morgan fingerprint density at radius 1 is 1.04 bits per heavy atom. The van der Waals surface area contributed by atoms with Crippen LogP contribution in [0.2, 0.25) is 0 Å². The van der Waals surface area contributed by atoms with Crippen molar-refractivity contribution >= 4 is 11.8 Å². The normalized spacial score (nSPS) is 21.6. The Balaban J connectivity index is 1.48. The Morgan fingerprint density at radius 3 is 2.61 bits per heavy atom. The molecule has 5 heteroatoms. The number of nitrogens with zero attached hydrogens (tertiary/aromatic N) is 1. The molecule has 2 saturated heterocycles. The molecular weight excluding hydrogens is 352 g/mol. The third-order valence-corrected chi connectivity index (χ3v) is 5.82. The van der Waals surface area contributed by atoms with Gasteiger partial charge in [0.05, 0.1) is 6.42 Å². The van der Waals surface area contributed by atoms with Gasteiger partial charge in [0.1, 0.15) is 17.9 Å². The summed E-state index contributed by atoms with van der Waals surface area (Å²) < 4.78 is 5.99. The van der Waals surface area contributed by atoms with E-state index >= 15 is 0 Å². The summed E-state index contributed by atoms with van der Waals surface area (Å²) in [5, 5.41) is 2.96. The van der Waals surface area contributed by atoms with Crippen molar-refractivity contribution in [3.05, 3.63) is 65.7 Å². The second-order valence-electron chi connectivity index (χ2n) is 7.60. The number of benzene rings is 2. The van der Waals surface area contributed by atoms with E-state index in [1.54, 1.807) is 0 Å². The van der Waals surface area contributed by atoms with Gasteiger partial charge in [-0.1, -0.05) is 48.5 Å². The van der Waals surface area contributed by atoms with Crippen molar-refractivity contribution in [1.29, 1.82) is 0 Å². The molecular formula is C23H26N2O3. The summed E-state index contributed by atoms with van der Waals surface area (Å²) in [5.41, 5.74) is 1.30. The summed E-state index contributed by atoms with van der Waals surface area (Å²) in [7, 11) is 0. The van der Waals surface area contributed by atoms with Crippen LogP contribution >= 0.6 is 0 Å². The minimum atomic E-state index is -0.644. The molecule has 146 valence electrons. The van der Waals surface area contributed by atoms with Gasteiger partial charge in [0.25, 0.3) is 0 Å². The number of carbonyl (C=O) groups excluding carboxylic acids is 2. The lowest BCUT2D eigenvalue weighted by atomic mass is 9.86. The summed E-state index contributed by atoms with van der Waals surface area (Å²) in [5.74, 6) is 0.740. The number of nitrogens with one attached hydrogen (secondary N) is 1. The van der Waals surface area contributed by atoms with Crippen molar-refractivity contribution in [2.45, 2.75) is 44.2 Å². The maximum Gasteiger partial charge on any atom is 0.245 e. The molecule has 5 nitrogen and oxygen atoms in total. The molecule has 0 saturated carbocycles. The van der Waals surface area contributed by atoms with Crippen molar-refractivity contribution in [3.63, 3.8) is 0 Å². The zero-order chi connectivity index (χ0) is 19.4. The van der Waals surface area contributed by atoms with E-state index in [2.05, 4.69) is 5.32 Å². The Hall–Kier alpha value is -2.82. The maximum absolute atomic E-state index is 13.2. The van der Waals surface area contributed by atoms with Gasteiger partial charge >= 0.3 is 0 Å². The average Bonchev–Trinajstić information content (AvgIpc) is 3.15. The molecule has 2 aromatic rings. The number of carbonyl (C=O) groups is 2. The van der Waals surface area contributed by atoms with Crippen LogP contribution in [-0.2, 0) is 22.6 Å². The maximum atomic E-state index is 13.2. The molecule has 2 aliphatic heterocycles. The fourth-order valence-corrected chi connectivity index (χ4v) is 4.38. The van der Waals surface area contributed by atoms with Gasteiger partial charge in [-0.15, -0.1) is 0 Å². The fraction of sp³-hybridized carbons (Fsp3) is 0.391. The lowest BCUT2D eigenvalue weighted by Gasteiger charge is -2.40. The van der Waals surface area contributed by atoms with Crippen molar-refractivity contribution < 1.29 is 14.3 Å². The minimum Gasteiger partial charge on any atom is -0.489 e. The van der Waals surface area contributed by atoms with Crippen molar-refractivity contribution in [2.75, 3.05) is 13.1 Å². The van der Waals surface area contributed by atoms with Gasteiger partial charge in [-0.3, -0.25) is 9.59 Å². The van der Waals surface area contributed by atoms with Crippen LogP contribution in [0.3, 0.4) is 0 Å². The summed E-state index contributed by atoms with van der Waals surface area (Å²) in [4.78, 5) is 27.5. The molecule has 2 amide bonds. The highest BCUT2D eigenvalue weighted by molar-refractivity contribution is 5.93. The van der Waals surface area contributed by atoms with Gasteiger partial charge in [-0.05, 0) is 37.3 Å². The quantitative estimate of drug-likeness (QED) is 0.870. The van der Waals surface area contributed by atoms with E-state index in [1.807, 2.05) is 59.5 Å². The number of piperidine rings is 1. The second kappa shape index (κ2) is 8.05. The summed E-state index contributed by atoms with van der Waals surface area (Å²) in [6.45, 7) is 1.82. The third kappa shape index (κ3) is 3.61. The first-order valence-electron chi connectivity index (χ1n) is 10.0. The lowest BCUT2D eigenvalue weighted by Crippen LogP contribution is -2.60. The smallest absolute Gasteiger partial charge is 0.245 e. The Bertz CT molecular complexity index is 852. The number of rotatable bonds is 5. The SMILES string of the molecule is O=C(Cc1ccccc1OCc1ccccc1)N1CCCC12CCCNC2=O. The molecule has 0 aromatic heterocycles. The summed E-state index contributed by atoms with van der Waals surface area (Å²) in [6.07, 6.45) is 3.57.